The molecule has 6 nitrogen and oxygen atoms in total. The predicted octanol–water partition coefficient (Wildman–Crippen LogP) is 1.84. The summed E-state index contributed by atoms with van der Waals surface area (Å²) in [5.74, 6) is -0.288. The van der Waals surface area contributed by atoms with E-state index in [1.54, 1.807) is 11.4 Å². The number of sulfonamides is 1. The van der Waals surface area contributed by atoms with E-state index in [-0.39, 0.29) is 34.9 Å². The summed E-state index contributed by atoms with van der Waals surface area (Å²) in [5.41, 5.74) is 0. The average molecular weight is 372 g/mol. The molecule has 2 rings (SSSR count). The number of hydrogen-bond donors (Lipinski definition) is 1. The first-order valence-electron chi connectivity index (χ1n) is 7.99. The van der Waals surface area contributed by atoms with E-state index in [0.29, 0.717) is 25.7 Å². The monoisotopic (exact) mass is 371 g/mol. The van der Waals surface area contributed by atoms with Gasteiger partial charge in [-0.25, -0.2) is 8.42 Å². The van der Waals surface area contributed by atoms with Crippen molar-refractivity contribution in [1.29, 1.82) is 0 Å². The van der Waals surface area contributed by atoms with Gasteiger partial charge in [0.1, 0.15) is 4.21 Å². The van der Waals surface area contributed by atoms with Gasteiger partial charge < -0.3 is 5.32 Å². The van der Waals surface area contributed by atoms with Crippen LogP contribution in [0.25, 0.3) is 0 Å². The van der Waals surface area contributed by atoms with Crippen molar-refractivity contribution in [2.45, 2.75) is 42.9 Å². The van der Waals surface area contributed by atoms with E-state index in [4.69, 9.17) is 0 Å². The Bertz CT molecular complexity index is 670. The highest BCUT2D eigenvalue weighted by molar-refractivity contribution is 7.91. The molecular formula is C16H23N2O4S2. The normalized spacial score (nSPS) is 21.2. The van der Waals surface area contributed by atoms with Gasteiger partial charge in [0.05, 0.1) is 12.6 Å². The standard InChI is InChI=1S/C16H23N2O4S2/c1-3-12(2)10-15(20)17-13-6-4-8-18(11-14(13)19)24(21,22)16-7-5-9-23-16/h5,7,9,12-13H,1,3-4,6,8,10-11H2,2H3,(H,17,20)/t12-,13?/m0/s1. The minimum absolute atomic E-state index is 0.154. The fourth-order valence-corrected chi connectivity index (χ4v) is 5.15. The van der Waals surface area contributed by atoms with Gasteiger partial charge in [-0.05, 0) is 30.2 Å². The van der Waals surface area contributed by atoms with Crippen LogP contribution >= 0.6 is 11.3 Å². The van der Waals surface area contributed by atoms with Crippen molar-refractivity contribution in [2.24, 2.45) is 5.92 Å². The molecule has 1 amide bonds. The number of carbonyl (C=O) groups is 2. The van der Waals surface area contributed by atoms with Gasteiger partial charge >= 0.3 is 0 Å². The minimum Gasteiger partial charge on any atom is -0.346 e. The van der Waals surface area contributed by atoms with Crippen molar-refractivity contribution in [2.75, 3.05) is 13.1 Å². The summed E-state index contributed by atoms with van der Waals surface area (Å²) in [6, 6.07) is 2.59. The smallest absolute Gasteiger partial charge is 0.252 e. The lowest BCUT2D eigenvalue weighted by atomic mass is 10.0. The number of ketones is 1. The molecule has 24 heavy (non-hydrogen) atoms. The van der Waals surface area contributed by atoms with Gasteiger partial charge in [-0.15, -0.1) is 11.3 Å². The number of thiophene rings is 1. The minimum atomic E-state index is -3.64. The average Bonchev–Trinajstić information content (AvgIpc) is 3.01. The fourth-order valence-electron chi connectivity index (χ4n) is 2.56. The van der Waals surface area contributed by atoms with Gasteiger partial charge in [0, 0.05) is 13.0 Å². The van der Waals surface area contributed by atoms with Crippen molar-refractivity contribution >= 4 is 33.1 Å². The summed E-state index contributed by atoms with van der Waals surface area (Å²) in [6.45, 7) is 5.77. The Kier molecular flexibility index (Phi) is 6.54. The first kappa shape index (κ1) is 19.1. The second kappa shape index (κ2) is 8.22. The van der Waals surface area contributed by atoms with E-state index in [9.17, 15) is 18.0 Å². The van der Waals surface area contributed by atoms with Crippen LogP contribution in [-0.4, -0.2) is 43.5 Å². The van der Waals surface area contributed by atoms with Crippen LogP contribution in [0.4, 0.5) is 0 Å². The maximum Gasteiger partial charge on any atom is 0.252 e. The van der Waals surface area contributed by atoms with Crippen LogP contribution in [0.5, 0.6) is 0 Å². The molecule has 0 aromatic carbocycles. The molecular weight excluding hydrogens is 348 g/mol. The van der Waals surface area contributed by atoms with Gasteiger partial charge in [-0.3, -0.25) is 9.59 Å². The van der Waals surface area contributed by atoms with Crippen LogP contribution in [0.1, 0.15) is 32.6 Å². The number of nitrogens with zero attached hydrogens (tertiary/aromatic N) is 1. The largest absolute Gasteiger partial charge is 0.346 e. The maximum absolute atomic E-state index is 12.5. The highest BCUT2D eigenvalue weighted by Gasteiger charge is 2.33. The van der Waals surface area contributed by atoms with Crippen LogP contribution in [0, 0.1) is 12.8 Å². The fraction of sp³-hybridized carbons (Fsp3) is 0.562. The second-order valence-electron chi connectivity index (χ2n) is 6.10. The molecule has 1 fully saturated rings. The van der Waals surface area contributed by atoms with Crippen LogP contribution in [-0.2, 0) is 19.6 Å². The Morgan fingerprint density at radius 2 is 2.29 bits per heavy atom. The van der Waals surface area contributed by atoms with E-state index in [2.05, 4.69) is 12.2 Å². The molecule has 1 saturated heterocycles. The molecule has 2 heterocycles. The molecule has 1 N–H and O–H groups in total. The number of carbonyl (C=O) groups excluding carboxylic acids is 2. The molecule has 1 aliphatic rings. The van der Waals surface area contributed by atoms with E-state index in [1.807, 2.05) is 6.92 Å². The van der Waals surface area contributed by atoms with Gasteiger partial charge in [-0.2, -0.15) is 4.31 Å². The number of rotatable bonds is 6. The number of hydrogen-bond acceptors (Lipinski definition) is 5. The SMILES string of the molecule is [CH2]C[C@H](C)CC(=O)NC1CCCN(S(=O)(=O)c2cccs2)CC1=O. The highest BCUT2D eigenvalue weighted by atomic mass is 32.2. The Morgan fingerprint density at radius 1 is 1.54 bits per heavy atom. The van der Waals surface area contributed by atoms with Crippen molar-refractivity contribution in [3.05, 3.63) is 24.4 Å². The summed E-state index contributed by atoms with van der Waals surface area (Å²) in [7, 11) is -3.64. The molecule has 0 spiro atoms. The summed E-state index contributed by atoms with van der Waals surface area (Å²) < 4.78 is 26.6. The van der Waals surface area contributed by atoms with Crippen molar-refractivity contribution in [1.82, 2.24) is 9.62 Å². The summed E-state index contributed by atoms with van der Waals surface area (Å²) in [6.07, 6.45) is 1.97. The molecule has 2 atom stereocenters. The molecule has 1 aromatic heterocycles. The molecule has 0 saturated carbocycles. The third kappa shape index (κ3) is 4.64. The zero-order valence-corrected chi connectivity index (χ0v) is 15.4. The van der Waals surface area contributed by atoms with Gasteiger partial charge in [0.2, 0.25) is 5.91 Å². The first-order valence-corrected chi connectivity index (χ1v) is 10.3. The van der Waals surface area contributed by atoms with Gasteiger partial charge in [0.15, 0.2) is 5.78 Å². The lowest BCUT2D eigenvalue weighted by Gasteiger charge is -2.19. The van der Waals surface area contributed by atoms with E-state index >= 15 is 0 Å². The highest BCUT2D eigenvalue weighted by Crippen LogP contribution is 2.23. The Labute approximate surface area is 147 Å². The van der Waals surface area contributed by atoms with Crippen LogP contribution in [0.3, 0.4) is 0 Å². The van der Waals surface area contributed by atoms with Crippen molar-refractivity contribution < 1.29 is 18.0 Å². The quantitative estimate of drug-likeness (QED) is 0.827. The van der Waals surface area contributed by atoms with Crippen molar-refractivity contribution in [3.63, 3.8) is 0 Å². The molecule has 1 aliphatic heterocycles. The molecule has 0 aliphatic carbocycles. The third-order valence-electron chi connectivity index (χ3n) is 4.07. The maximum atomic E-state index is 12.5. The van der Waals surface area contributed by atoms with Gasteiger partial charge in [0.25, 0.3) is 10.0 Å². The molecule has 1 unspecified atom stereocenters. The molecule has 133 valence electrons. The van der Waals surface area contributed by atoms with Crippen LogP contribution in [0.15, 0.2) is 21.7 Å². The van der Waals surface area contributed by atoms with E-state index in [0.717, 1.165) is 11.3 Å². The summed E-state index contributed by atoms with van der Waals surface area (Å²) in [4.78, 5) is 24.4. The second-order valence-corrected chi connectivity index (χ2v) is 9.21. The van der Waals surface area contributed by atoms with E-state index < -0.39 is 16.1 Å². The van der Waals surface area contributed by atoms with Crippen LogP contribution < -0.4 is 5.32 Å². The number of Topliss-reactive ketones (excluding diaryl/α,β-unsaturated/α-hetero) is 1. The predicted molar refractivity (Wildman–Crippen MR) is 93.0 cm³/mol. The van der Waals surface area contributed by atoms with Gasteiger partial charge in [-0.1, -0.05) is 26.3 Å². The summed E-state index contributed by atoms with van der Waals surface area (Å²) in [5, 5.41) is 4.44. The zero-order chi connectivity index (χ0) is 17.7. The third-order valence-corrected chi connectivity index (χ3v) is 7.29. The molecule has 1 radical (unpaired) electrons. The molecule has 1 aromatic rings. The van der Waals surface area contributed by atoms with E-state index in [1.165, 1.54) is 10.4 Å². The Hall–Kier alpha value is -1.25. The zero-order valence-electron chi connectivity index (χ0n) is 13.7. The lowest BCUT2D eigenvalue weighted by molar-refractivity contribution is -0.128. The first-order chi connectivity index (χ1) is 11.3. The molecule has 8 heteroatoms. The number of amides is 1. The molecule has 0 bridgehead atoms. The number of nitrogens with one attached hydrogen (secondary N) is 1. The summed E-state index contributed by atoms with van der Waals surface area (Å²) >= 11 is 1.14. The Balaban J connectivity index is 2.02. The lowest BCUT2D eigenvalue weighted by Crippen LogP contribution is -2.44. The van der Waals surface area contributed by atoms with Crippen molar-refractivity contribution in [3.8, 4) is 0 Å². The topological polar surface area (TPSA) is 83.6 Å². The Morgan fingerprint density at radius 3 is 2.92 bits per heavy atom. The van der Waals surface area contributed by atoms with Crippen LogP contribution in [0.2, 0.25) is 0 Å².